The van der Waals surface area contributed by atoms with Crippen LogP contribution in [0.4, 0.5) is 0 Å². The predicted octanol–water partition coefficient (Wildman–Crippen LogP) is 4.76. The van der Waals surface area contributed by atoms with Gasteiger partial charge in [0.25, 0.3) is 0 Å². The van der Waals surface area contributed by atoms with E-state index in [-0.39, 0.29) is 5.76 Å². The minimum absolute atomic E-state index is 0.285. The van der Waals surface area contributed by atoms with Crippen LogP contribution < -0.4 is 0 Å². The molecule has 0 amide bonds. The predicted molar refractivity (Wildman–Crippen MR) is 102 cm³/mol. The first kappa shape index (κ1) is 16.7. The maximum absolute atomic E-state index is 12.2. The van der Waals surface area contributed by atoms with E-state index in [0.29, 0.717) is 23.3 Å². The summed E-state index contributed by atoms with van der Waals surface area (Å²) in [6, 6.07) is 20.1. The third kappa shape index (κ3) is 3.11. The summed E-state index contributed by atoms with van der Waals surface area (Å²) in [6.07, 6.45) is 0.672. The van der Waals surface area contributed by atoms with Gasteiger partial charge in [-0.3, -0.25) is 4.79 Å². The fourth-order valence-electron chi connectivity index (χ4n) is 2.98. The number of esters is 1. The Morgan fingerprint density at radius 2 is 1.74 bits per heavy atom. The Kier molecular flexibility index (Phi) is 4.26. The van der Waals surface area contributed by atoms with Crippen molar-refractivity contribution in [3.05, 3.63) is 78.1 Å². The van der Waals surface area contributed by atoms with Crippen LogP contribution in [0.2, 0.25) is 0 Å². The zero-order valence-corrected chi connectivity index (χ0v) is 14.5. The van der Waals surface area contributed by atoms with Crippen molar-refractivity contribution < 1.29 is 18.7 Å². The molecule has 0 unspecified atom stereocenters. The van der Waals surface area contributed by atoms with Gasteiger partial charge in [-0.2, -0.15) is 0 Å². The molecule has 0 N–H and O–H groups in total. The number of carbonyl (C=O) groups is 2. The van der Waals surface area contributed by atoms with Crippen molar-refractivity contribution in [3.63, 3.8) is 0 Å². The van der Waals surface area contributed by atoms with Gasteiger partial charge in [0.1, 0.15) is 5.76 Å². The molecule has 0 aliphatic rings. The van der Waals surface area contributed by atoms with Crippen LogP contribution in [-0.2, 0) is 4.74 Å². The third-order valence-electron chi connectivity index (χ3n) is 4.33. The number of aromatic nitrogens is 1. The summed E-state index contributed by atoms with van der Waals surface area (Å²) in [5.41, 5.74) is 3.58. The second kappa shape index (κ2) is 6.88. The maximum atomic E-state index is 12.2. The van der Waals surface area contributed by atoms with Gasteiger partial charge in [0.15, 0.2) is 12.0 Å². The van der Waals surface area contributed by atoms with Crippen molar-refractivity contribution in [2.24, 2.45) is 0 Å². The summed E-state index contributed by atoms with van der Waals surface area (Å²) < 4.78 is 10.4. The molecule has 2 heterocycles. The van der Waals surface area contributed by atoms with Crippen molar-refractivity contribution in [2.75, 3.05) is 7.11 Å². The van der Waals surface area contributed by atoms with Crippen molar-refractivity contribution in [3.8, 4) is 22.6 Å². The molecule has 0 fully saturated rings. The first-order valence-electron chi connectivity index (χ1n) is 8.33. The van der Waals surface area contributed by atoms with E-state index in [4.69, 9.17) is 9.15 Å². The highest BCUT2D eigenvalue weighted by molar-refractivity contribution is 6.04. The van der Waals surface area contributed by atoms with Crippen LogP contribution >= 0.6 is 0 Å². The lowest BCUT2D eigenvalue weighted by molar-refractivity contribution is 0.0603. The number of furan rings is 1. The zero-order chi connectivity index (χ0) is 18.8. The van der Waals surface area contributed by atoms with Crippen molar-refractivity contribution in [1.82, 2.24) is 4.98 Å². The summed E-state index contributed by atoms with van der Waals surface area (Å²) in [4.78, 5) is 27.6. The largest absolute Gasteiger partial charge is 0.465 e. The van der Waals surface area contributed by atoms with Crippen LogP contribution in [0.15, 0.2) is 71.1 Å². The van der Waals surface area contributed by atoms with Crippen LogP contribution in [0.3, 0.4) is 0 Å². The molecule has 0 aliphatic carbocycles. The Balaban J connectivity index is 1.77. The molecular formula is C22H15NO4. The lowest BCUT2D eigenvalue weighted by atomic mass is 10.0. The highest BCUT2D eigenvalue weighted by atomic mass is 16.5. The Morgan fingerprint density at radius 1 is 1.00 bits per heavy atom. The van der Waals surface area contributed by atoms with E-state index in [1.54, 1.807) is 18.2 Å². The maximum Gasteiger partial charge on any atom is 0.338 e. The highest BCUT2D eigenvalue weighted by Gasteiger charge is 2.14. The number of carbonyl (C=O) groups excluding carboxylic acids is 2. The van der Waals surface area contributed by atoms with E-state index in [2.05, 4.69) is 4.98 Å². The molecule has 0 saturated heterocycles. The Bertz CT molecular complexity index is 1140. The van der Waals surface area contributed by atoms with Gasteiger partial charge in [0.2, 0.25) is 0 Å². The first-order valence-corrected chi connectivity index (χ1v) is 8.33. The molecule has 0 aliphatic heterocycles. The molecular weight excluding hydrogens is 342 g/mol. The second-order valence-electron chi connectivity index (χ2n) is 5.96. The number of ether oxygens (including phenoxy) is 1. The van der Waals surface area contributed by atoms with Gasteiger partial charge in [-0.05, 0) is 24.3 Å². The minimum atomic E-state index is -0.400. The lowest BCUT2D eigenvalue weighted by Crippen LogP contribution is -2.03. The normalized spacial score (nSPS) is 10.7. The molecule has 132 valence electrons. The summed E-state index contributed by atoms with van der Waals surface area (Å²) in [5.74, 6) is 0.502. The van der Waals surface area contributed by atoms with E-state index in [9.17, 15) is 9.59 Å². The molecule has 0 spiro atoms. The third-order valence-corrected chi connectivity index (χ3v) is 4.33. The van der Waals surface area contributed by atoms with E-state index in [1.165, 1.54) is 7.11 Å². The number of rotatable bonds is 4. The van der Waals surface area contributed by atoms with Crippen LogP contribution in [0, 0.1) is 0 Å². The van der Waals surface area contributed by atoms with Gasteiger partial charge in [0, 0.05) is 16.5 Å². The monoisotopic (exact) mass is 357 g/mol. The minimum Gasteiger partial charge on any atom is -0.465 e. The molecule has 0 saturated carbocycles. The number of para-hydroxylation sites is 1. The number of methoxy groups -OCH3 is 1. The molecule has 5 nitrogen and oxygen atoms in total. The van der Waals surface area contributed by atoms with E-state index in [1.807, 2.05) is 48.5 Å². The Hall–Kier alpha value is -3.73. The van der Waals surface area contributed by atoms with Crippen LogP contribution in [-0.4, -0.2) is 24.3 Å². The van der Waals surface area contributed by atoms with Crippen LogP contribution in [0.1, 0.15) is 20.9 Å². The number of aldehydes is 1. The molecule has 2 aromatic carbocycles. The van der Waals surface area contributed by atoms with Gasteiger partial charge in [0.05, 0.1) is 23.9 Å². The van der Waals surface area contributed by atoms with Crippen molar-refractivity contribution >= 4 is 23.2 Å². The average molecular weight is 357 g/mol. The quantitative estimate of drug-likeness (QED) is 0.389. The SMILES string of the molecule is COC(=O)c1cc(-c2ccc(-c3ccc(C=O)o3)cc2)nc2ccccc12. The summed E-state index contributed by atoms with van der Waals surface area (Å²) in [5, 5.41) is 0.752. The molecule has 0 atom stereocenters. The van der Waals surface area contributed by atoms with E-state index in [0.717, 1.165) is 22.0 Å². The second-order valence-corrected chi connectivity index (χ2v) is 5.96. The highest BCUT2D eigenvalue weighted by Crippen LogP contribution is 2.28. The van der Waals surface area contributed by atoms with Gasteiger partial charge in [-0.1, -0.05) is 42.5 Å². The number of hydrogen-bond acceptors (Lipinski definition) is 5. The molecule has 4 rings (SSSR count). The summed E-state index contributed by atoms with van der Waals surface area (Å²) in [6.45, 7) is 0. The molecule has 2 aromatic heterocycles. The molecule has 0 radical (unpaired) electrons. The smallest absolute Gasteiger partial charge is 0.338 e. The summed E-state index contributed by atoms with van der Waals surface area (Å²) >= 11 is 0. The van der Waals surface area contributed by atoms with Gasteiger partial charge in [-0.15, -0.1) is 0 Å². The van der Waals surface area contributed by atoms with Crippen molar-refractivity contribution in [1.29, 1.82) is 0 Å². The lowest BCUT2D eigenvalue weighted by Gasteiger charge is -2.09. The fraction of sp³-hybridized carbons (Fsp3) is 0.0455. The van der Waals surface area contributed by atoms with Gasteiger partial charge >= 0.3 is 5.97 Å². The van der Waals surface area contributed by atoms with E-state index >= 15 is 0 Å². The molecule has 4 aromatic rings. The van der Waals surface area contributed by atoms with Gasteiger partial charge < -0.3 is 9.15 Å². The fourth-order valence-corrected chi connectivity index (χ4v) is 2.98. The number of benzene rings is 2. The topological polar surface area (TPSA) is 69.4 Å². The Morgan fingerprint density at radius 3 is 2.44 bits per heavy atom. The van der Waals surface area contributed by atoms with Crippen LogP contribution in [0.5, 0.6) is 0 Å². The van der Waals surface area contributed by atoms with Gasteiger partial charge in [-0.25, -0.2) is 9.78 Å². The zero-order valence-electron chi connectivity index (χ0n) is 14.5. The molecule has 27 heavy (non-hydrogen) atoms. The first-order chi connectivity index (χ1) is 13.2. The number of pyridine rings is 1. The number of fused-ring (bicyclic) bond motifs is 1. The standard InChI is InChI=1S/C22H15NO4/c1-26-22(25)18-12-20(23-19-5-3-2-4-17(18)19)14-6-8-15(9-7-14)21-11-10-16(13-24)27-21/h2-13H,1H3. The molecule has 5 heteroatoms. The average Bonchev–Trinajstić information content (AvgIpc) is 3.22. The van der Waals surface area contributed by atoms with Crippen molar-refractivity contribution in [2.45, 2.75) is 0 Å². The number of nitrogens with zero attached hydrogens (tertiary/aromatic N) is 1. The number of hydrogen-bond donors (Lipinski definition) is 0. The Labute approximate surface area is 155 Å². The van der Waals surface area contributed by atoms with E-state index < -0.39 is 5.97 Å². The van der Waals surface area contributed by atoms with Crippen LogP contribution in [0.25, 0.3) is 33.5 Å². The summed E-state index contributed by atoms with van der Waals surface area (Å²) in [7, 11) is 1.36. The molecule has 0 bridgehead atoms.